The zero-order valence-electron chi connectivity index (χ0n) is 5.50. The molecule has 58 valence electrons. The minimum atomic E-state index is -0.764. The summed E-state index contributed by atoms with van der Waals surface area (Å²) in [7, 11) is 0. The van der Waals surface area contributed by atoms with E-state index in [4.69, 9.17) is 14.6 Å². The van der Waals surface area contributed by atoms with Gasteiger partial charge in [-0.25, -0.2) is 0 Å². The monoisotopic (exact) mass is 156 g/mol. The molecular formula is C7H5FO3. The maximum atomic E-state index is 12.8. The molecule has 3 nitrogen and oxygen atoms in total. The lowest BCUT2D eigenvalue weighted by Gasteiger charge is -1.97. The number of ether oxygens (including phenoxy) is 2. The number of aromatic hydroxyl groups is 1. The van der Waals surface area contributed by atoms with Crippen LogP contribution >= 0.6 is 0 Å². The molecule has 11 heavy (non-hydrogen) atoms. The first-order valence-electron chi connectivity index (χ1n) is 3.06. The van der Waals surface area contributed by atoms with E-state index in [0.717, 1.165) is 0 Å². The molecule has 2 rings (SSSR count). The topological polar surface area (TPSA) is 38.7 Å². The summed E-state index contributed by atoms with van der Waals surface area (Å²) in [6.07, 6.45) is 0. The Bertz CT molecular complexity index is 298. The van der Waals surface area contributed by atoms with Crippen molar-refractivity contribution in [3.63, 3.8) is 0 Å². The second-order valence-electron chi connectivity index (χ2n) is 2.13. The lowest BCUT2D eigenvalue weighted by Crippen LogP contribution is -1.93. The van der Waals surface area contributed by atoms with Crippen LogP contribution in [0.3, 0.4) is 0 Å². The Hall–Kier alpha value is -1.45. The average Bonchev–Trinajstić information content (AvgIpc) is 2.45. The zero-order valence-corrected chi connectivity index (χ0v) is 5.50. The third kappa shape index (κ3) is 0.790. The van der Waals surface area contributed by atoms with Crippen LogP contribution in [0.2, 0.25) is 0 Å². The average molecular weight is 156 g/mol. The largest absolute Gasteiger partial charge is 0.505 e. The maximum absolute atomic E-state index is 12.8. The summed E-state index contributed by atoms with van der Waals surface area (Å²) < 4.78 is 22.5. The van der Waals surface area contributed by atoms with E-state index in [1.54, 1.807) is 0 Å². The van der Waals surface area contributed by atoms with Crippen molar-refractivity contribution in [2.75, 3.05) is 6.79 Å². The highest BCUT2D eigenvalue weighted by Gasteiger charge is 2.20. The molecule has 1 heterocycles. The molecule has 1 aromatic carbocycles. The molecule has 0 aromatic heterocycles. The molecule has 0 saturated carbocycles. The van der Waals surface area contributed by atoms with Crippen molar-refractivity contribution in [3.8, 4) is 17.2 Å². The fraction of sp³-hybridized carbons (Fsp3) is 0.143. The highest BCUT2D eigenvalue weighted by Crippen LogP contribution is 2.38. The predicted octanol–water partition coefficient (Wildman–Crippen LogP) is 1.26. The lowest BCUT2D eigenvalue weighted by molar-refractivity contribution is 0.170. The van der Waals surface area contributed by atoms with Crippen LogP contribution in [0.5, 0.6) is 17.2 Å². The van der Waals surface area contributed by atoms with E-state index in [-0.39, 0.29) is 12.5 Å². The van der Waals surface area contributed by atoms with Gasteiger partial charge in [0.15, 0.2) is 11.5 Å². The van der Waals surface area contributed by atoms with Crippen LogP contribution in [0.1, 0.15) is 0 Å². The third-order valence-corrected chi connectivity index (χ3v) is 1.46. The second kappa shape index (κ2) is 2.02. The third-order valence-electron chi connectivity index (χ3n) is 1.46. The molecule has 0 fully saturated rings. The molecule has 0 radical (unpaired) electrons. The summed E-state index contributed by atoms with van der Waals surface area (Å²) in [5.74, 6) is -0.862. The van der Waals surface area contributed by atoms with E-state index < -0.39 is 11.6 Å². The minimum absolute atomic E-state index is 0.00926. The van der Waals surface area contributed by atoms with Gasteiger partial charge in [-0.1, -0.05) is 0 Å². The molecule has 4 heteroatoms. The lowest BCUT2D eigenvalue weighted by atomic mass is 10.3. The van der Waals surface area contributed by atoms with E-state index in [0.29, 0.717) is 5.75 Å². The number of phenols is 1. The van der Waals surface area contributed by atoms with Crippen LogP contribution in [-0.2, 0) is 0 Å². The Labute approximate surface area is 62.0 Å². The van der Waals surface area contributed by atoms with Crippen molar-refractivity contribution in [2.24, 2.45) is 0 Å². The van der Waals surface area contributed by atoms with Gasteiger partial charge >= 0.3 is 0 Å². The predicted molar refractivity (Wildman–Crippen MR) is 34.2 cm³/mol. The van der Waals surface area contributed by atoms with Crippen LogP contribution in [0.15, 0.2) is 12.1 Å². The van der Waals surface area contributed by atoms with Crippen molar-refractivity contribution in [1.29, 1.82) is 0 Å². The Morgan fingerprint density at radius 3 is 3.00 bits per heavy atom. The summed E-state index contributed by atoms with van der Waals surface area (Å²) in [6, 6.07) is 2.68. The van der Waals surface area contributed by atoms with Crippen LogP contribution in [0.25, 0.3) is 0 Å². The highest BCUT2D eigenvalue weighted by molar-refractivity contribution is 5.47. The summed E-state index contributed by atoms with van der Waals surface area (Å²) >= 11 is 0. The Kier molecular flexibility index (Phi) is 1.15. The number of benzene rings is 1. The molecule has 0 saturated heterocycles. The quantitative estimate of drug-likeness (QED) is 0.614. The van der Waals surface area contributed by atoms with Crippen LogP contribution in [0.4, 0.5) is 4.39 Å². The van der Waals surface area contributed by atoms with Crippen molar-refractivity contribution in [3.05, 3.63) is 17.9 Å². The fourth-order valence-corrected chi connectivity index (χ4v) is 0.928. The van der Waals surface area contributed by atoms with E-state index in [1.807, 2.05) is 0 Å². The van der Waals surface area contributed by atoms with Crippen LogP contribution < -0.4 is 9.47 Å². The molecule has 0 bridgehead atoms. The minimum Gasteiger partial charge on any atom is -0.505 e. The fourth-order valence-electron chi connectivity index (χ4n) is 0.928. The summed E-state index contributed by atoms with van der Waals surface area (Å²) in [5, 5.41) is 8.87. The molecule has 1 aliphatic heterocycles. The number of fused-ring (bicyclic) bond motifs is 1. The molecule has 0 unspecified atom stereocenters. The molecule has 1 N–H and O–H groups in total. The molecule has 1 aliphatic rings. The van der Waals surface area contributed by atoms with Gasteiger partial charge in [0, 0.05) is 0 Å². The van der Waals surface area contributed by atoms with Gasteiger partial charge in [0.25, 0.3) is 0 Å². The van der Waals surface area contributed by atoms with Crippen molar-refractivity contribution < 1.29 is 19.0 Å². The summed E-state index contributed by atoms with van der Waals surface area (Å²) in [6.45, 7) is 0.00963. The number of rotatable bonds is 0. The molecule has 0 amide bonds. The van der Waals surface area contributed by atoms with Gasteiger partial charge in [0.05, 0.1) is 0 Å². The van der Waals surface area contributed by atoms with Crippen molar-refractivity contribution in [2.45, 2.75) is 0 Å². The zero-order chi connectivity index (χ0) is 7.84. The highest BCUT2D eigenvalue weighted by atomic mass is 19.1. The summed E-state index contributed by atoms with van der Waals surface area (Å²) in [4.78, 5) is 0. The molecule has 1 aromatic rings. The number of hydrogen-bond acceptors (Lipinski definition) is 3. The van der Waals surface area contributed by atoms with Crippen LogP contribution in [0, 0.1) is 5.82 Å². The molecule has 0 atom stereocenters. The van der Waals surface area contributed by atoms with E-state index in [9.17, 15) is 4.39 Å². The van der Waals surface area contributed by atoms with Gasteiger partial charge in [0.1, 0.15) is 0 Å². The first-order chi connectivity index (χ1) is 5.29. The van der Waals surface area contributed by atoms with Gasteiger partial charge in [-0.15, -0.1) is 0 Å². The normalized spacial score (nSPS) is 13.5. The van der Waals surface area contributed by atoms with Crippen molar-refractivity contribution in [1.82, 2.24) is 0 Å². The SMILES string of the molecule is Oc1ccc2c(c1F)OCO2. The van der Waals surface area contributed by atoms with E-state index in [2.05, 4.69) is 0 Å². The number of hydrogen-bond donors (Lipinski definition) is 1. The maximum Gasteiger partial charge on any atom is 0.231 e. The Balaban J connectivity index is 2.62. The van der Waals surface area contributed by atoms with Gasteiger partial charge in [-0.3, -0.25) is 0 Å². The first kappa shape index (κ1) is 6.27. The van der Waals surface area contributed by atoms with Gasteiger partial charge < -0.3 is 14.6 Å². The van der Waals surface area contributed by atoms with E-state index in [1.165, 1.54) is 12.1 Å². The second-order valence-corrected chi connectivity index (χ2v) is 2.13. The standard InChI is InChI=1S/C7H5FO3/c8-6-4(9)1-2-5-7(6)11-3-10-5/h1-2,9H,3H2. The smallest absolute Gasteiger partial charge is 0.231 e. The van der Waals surface area contributed by atoms with Gasteiger partial charge in [-0.05, 0) is 12.1 Å². The van der Waals surface area contributed by atoms with Gasteiger partial charge in [-0.2, -0.15) is 4.39 Å². The molecule has 0 spiro atoms. The number of phenolic OH excluding ortho intramolecular Hbond substituents is 1. The van der Waals surface area contributed by atoms with Crippen LogP contribution in [-0.4, -0.2) is 11.9 Å². The van der Waals surface area contributed by atoms with E-state index >= 15 is 0 Å². The molecule has 0 aliphatic carbocycles. The summed E-state index contributed by atoms with van der Waals surface area (Å²) in [5.41, 5.74) is 0. The van der Waals surface area contributed by atoms with Gasteiger partial charge in [0.2, 0.25) is 18.4 Å². The molecular weight excluding hydrogens is 151 g/mol. The Morgan fingerprint density at radius 2 is 2.18 bits per heavy atom. The first-order valence-corrected chi connectivity index (χ1v) is 3.06. The number of halogens is 1. The Morgan fingerprint density at radius 1 is 1.36 bits per heavy atom. The van der Waals surface area contributed by atoms with Crippen molar-refractivity contribution >= 4 is 0 Å².